The van der Waals surface area contributed by atoms with Gasteiger partial charge in [0.2, 0.25) is 0 Å². The second kappa shape index (κ2) is 8.98. The highest BCUT2D eigenvalue weighted by atomic mass is 19.4. The Bertz CT molecular complexity index is 1310. The Balaban J connectivity index is 2.08. The number of nitrogens with one attached hydrogen (secondary N) is 2. The van der Waals surface area contributed by atoms with Gasteiger partial charge in [0.15, 0.2) is 5.54 Å². The molecule has 0 saturated carbocycles. The van der Waals surface area contributed by atoms with Gasteiger partial charge in [-0.3, -0.25) is 4.79 Å². The molecule has 3 N–H and O–H groups in total. The van der Waals surface area contributed by atoms with Crippen LogP contribution in [0, 0.1) is 24.1 Å². The zero-order valence-corrected chi connectivity index (χ0v) is 18.1. The number of aromatic nitrogens is 2. The average molecular weight is 516 g/mol. The van der Waals surface area contributed by atoms with E-state index in [4.69, 9.17) is 10.4 Å². The van der Waals surface area contributed by atoms with Crippen LogP contribution in [-0.2, 0) is 10.3 Å². The van der Waals surface area contributed by atoms with E-state index in [1.54, 1.807) is 0 Å². The number of ether oxygens (including phenoxy) is 1. The Morgan fingerprint density at radius 1 is 1.25 bits per heavy atom. The maximum atomic E-state index is 15.1. The Labute approximate surface area is 197 Å². The van der Waals surface area contributed by atoms with Crippen LogP contribution in [0.1, 0.15) is 34.2 Å². The van der Waals surface area contributed by atoms with Crippen LogP contribution in [0.15, 0.2) is 29.4 Å². The minimum atomic E-state index is -5.73. The molecule has 2 aromatic rings. The molecule has 10 nitrogen and oxygen atoms in total. The van der Waals surface area contributed by atoms with E-state index in [9.17, 15) is 27.2 Å². The van der Waals surface area contributed by atoms with Crippen LogP contribution < -0.4 is 10.6 Å². The lowest BCUT2D eigenvalue weighted by atomic mass is 9.84. The van der Waals surface area contributed by atoms with Crippen LogP contribution in [-0.4, -0.2) is 51.3 Å². The summed E-state index contributed by atoms with van der Waals surface area (Å²) in [5, 5.41) is 21.1. The third kappa shape index (κ3) is 4.72. The summed E-state index contributed by atoms with van der Waals surface area (Å²) in [6.45, 7) is 1.85. The van der Waals surface area contributed by atoms with Crippen LogP contribution in [0.4, 0.5) is 37.0 Å². The molecule has 0 aromatic carbocycles. The molecule has 16 heteroatoms. The molecule has 1 aliphatic heterocycles. The van der Waals surface area contributed by atoms with Crippen molar-refractivity contribution >= 4 is 23.8 Å². The predicted octanol–water partition coefficient (Wildman–Crippen LogP) is 3.48. The maximum Gasteiger partial charge on any atom is 0.431 e. The van der Waals surface area contributed by atoms with Crippen LogP contribution >= 0.6 is 0 Å². The van der Waals surface area contributed by atoms with Crippen LogP contribution in [0.25, 0.3) is 0 Å². The van der Waals surface area contributed by atoms with Crippen molar-refractivity contribution in [3.05, 3.63) is 52.7 Å². The fourth-order valence-corrected chi connectivity index (χ4v) is 3.28. The van der Waals surface area contributed by atoms with Crippen LogP contribution in [0.3, 0.4) is 0 Å². The summed E-state index contributed by atoms with van der Waals surface area (Å²) >= 11 is 0. The molecule has 0 radical (unpaired) electrons. The zero-order chi connectivity index (χ0) is 27.1. The minimum absolute atomic E-state index is 0.142. The van der Waals surface area contributed by atoms with Gasteiger partial charge >= 0.3 is 18.2 Å². The van der Waals surface area contributed by atoms with Gasteiger partial charge in [0.25, 0.3) is 18.0 Å². The van der Waals surface area contributed by atoms with Crippen molar-refractivity contribution in [1.82, 2.24) is 15.3 Å². The predicted molar refractivity (Wildman–Crippen MR) is 108 cm³/mol. The number of amides is 2. The van der Waals surface area contributed by atoms with Gasteiger partial charge in [0.05, 0.1) is 5.56 Å². The highest BCUT2D eigenvalue weighted by Gasteiger charge is 2.71. The summed E-state index contributed by atoms with van der Waals surface area (Å²) in [4.78, 5) is 34.0. The molecule has 0 unspecified atom stereocenters. The summed E-state index contributed by atoms with van der Waals surface area (Å²) in [6.07, 6.45) is -10.5. The van der Waals surface area contributed by atoms with Crippen molar-refractivity contribution in [1.29, 1.82) is 5.26 Å². The first-order valence-electron chi connectivity index (χ1n) is 9.66. The molecule has 1 aliphatic rings. The highest BCUT2D eigenvalue weighted by Crippen LogP contribution is 2.51. The highest BCUT2D eigenvalue weighted by molar-refractivity contribution is 6.03. The van der Waals surface area contributed by atoms with Gasteiger partial charge in [-0.25, -0.2) is 29.5 Å². The molecule has 3 rings (SSSR count). The molecule has 3 heterocycles. The van der Waals surface area contributed by atoms with Crippen molar-refractivity contribution < 1.29 is 45.8 Å². The molecule has 2 amide bonds. The number of carbonyl (C=O) groups excluding carboxylic acids is 1. The number of anilines is 1. The van der Waals surface area contributed by atoms with E-state index in [1.807, 2.05) is 6.07 Å². The first-order chi connectivity index (χ1) is 16.6. The third-order valence-corrected chi connectivity index (χ3v) is 5.02. The lowest BCUT2D eigenvalue weighted by molar-refractivity contribution is -0.288. The lowest BCUT2D eigenvalue weighted by Crippen LogP contribution is -2.62. The van der Waals surface area contributed by atoms with E-state index in [1.165, 1.54) is 18.3 Å². The summed E-state index contributed by atoms with van der Waals surface area (Å²) in [6, 6.07) is 3.07. The van der Waals surface area contributed by atoms with E-state index in [2.05, 4.69) is 25.0 Å². The molecule has 0 spiro atoms. The SMILES string of the molecule is Cc1cc(C#N)cnc1C(=O)Nc1ccc(F)c([C@@]2(C)N=C(NC(=O)O)O[C@@H](C(F)(F)F)C2(F)F)n1. The van der Waals surface area contributed by atoms with E-state index in [0.717, 1.165) is 12.3 Å². The number of aliphatic imine (C=N–C) groups is 1. The van der Waals surface area contributed by atoms with Crippen molar-refractivity contribution in [3.8, 4) is 6.07 Å². The Morgan fingerprint density at radius 2 is 1.92 bits per heavy atom. The van der Waals surface area contributed by atoms with Gasteiger partial charge in [0.1, 0.15) is 29.1 Å². The van der Waals surface area contributed by atoms with Crippen molar-refractivity contribution in [2.45, 2.75) is 37.6 Å². The summed E-state index contributed by atoms with van der Waals surface area (Å²) in [5.74, 6) is -8.02. The second-order valence-electron chi connectivity index (χ2n) is 7.56. The number of hydrogen-bond acceptors (Lipinski definition) is 7. The first kappa shape index (κ1) is 26.2. The Kier molecular flexibility index (Phi) is 6.53. The van der Waals surface area contributed by atoms with Gasteiger partial charge in [-0.1, -0.05) is 0 Å². The molecule has 0 saturated heterocycles. The summed E-state index contributed by atoms with van der Waals surface area (Å²) < 4.78 is 89.2. The van der Waals surface area contributed by atoms with E-state index >= 15 is 8.78 Å². The number of pyridine rings is 2. The summed E-state index contributed by atoms with van der Waals surface area (Å²) in [7, 11) is 0. The Hall–Kier alpha value is -4.42. The minimum Gasteiger partial charge on any atom is -0.465 e. The number of nitrogens with zero attached hydrogens (tertiary/aromatic N) is 4. The lowest BCUT2D eigenvalue weighted by Gasteiger charge is -2.42. The molecule has 0 bridgehead atoms. The molecule has 2 aromatic heterocycles. The number of nitriles is 1. The summed E-state index contributed by atoms with van der Waals surface area (Å²) in [5.41, 5.74) is -4.58. The van der Waals surface area contributed by atoms with E-state index < -0.39 is 59.1 Å². The number of amidine groups is 1. The molecule has 0 aliphatic carbocycles. The number of aryl methyl sites for hydroxylation is 1. The molecule has 2 atom stereocenters. The third-order valence-electron chi connectivity index (χ3n) is 5.02. The number of rotatable bonds is 3. The van der Waals surface area contributed by atoms with Gasteiger partial charge in [0, 0.05) is 6.20 Å². The van der Waals surface area contributed by atoms with Crippen LogP contribution in [0.5, 0.6) is 0 Å². The van der Waals surface area contributed by atoms with Crippen molar-refractivity contribution in [3.63, 3.8) is 0 Å². The molecular formula is C20H14F6N6O4. The van der Waals surface area contributed by atoms with Gasteiger partial charge in [-0.05, 0) is 37.6 Å². The molecular weight excluding hydrogens is 502 g/mol. The maximum absolute atomic E-state index is 15.1. The number of hydrogen-bond donors (Lipinski definition) is 3. The number of carboxylic acid groups (broad SMARTS) is 1. The Morgan fingerprint density at radius 3 is 2.47 bits per heavy atom. The molecule has 36 heavy (non-hydrogen) atoms. The number of carbonyl (C=O) groups is 2. The number of alkyl halides is 5. The van der Waals surface area contributed by atoms with E-state index in [-0.39, 0.29) is 16.8 Å². The first-order valence-corrected chi connectivity index (χ1v) is 9.66. The van der Waals surface area contributed by atoms with Gasteiger partial charge < -0.3 is 15.2 Å². The zero-order valence-electron chi connectivity index (χ0n) is 18.1. The normalized spacial score (nSPS) is 21.0. The van der Waals surface area contributed by atoms with Gasteiger partial charge in [-0.2, -0.15) is 27.2 Å². The molecule has 190 valence electrons. The van der Waals surface area contributed by atoms with E-state index in [0.29, 0.717) is 13.0 Å². The monoisotopic (exact) mass is 516 g/mol. The van der Waals surface area contributed by atoms with Crippen molar-refractivity contribution in [2.75, 3.05) is 5.32 Å². The fourth-order valence-electron chi connectivity index (χ4n) is 3.28. The van der Waals surface area contributed by atoms with Crippen molar-refractivity contribution in [2.24, 2.45) is 4.99 Å². The smallest absolute Gasteiger partial charge is 0.431 e. The molecule has 0 fully saturated rings. The fraction of sp³-hybridized carbons (Fsp3) is 0.300. The second-order valence-corrected chi connectivity index (χ2v) is 7.56. The topological polar surface area (TPSA) is 150 Å². The quantitative estimate of drug-likeness (QED) is 0.529. The van der Waals surface area contributed by atoms with Crippen LogP contribution in [0.2, 0.25) is 0 Å². The number of halogens is 6. The largest absolute Gasteiger partial charge is 0.465 e. The standard InChI is InChI=1S/C20H14F6N6O4/c1-8-5-9(6-27)7-28-12(8)14(33)30-11-4-3-10(21)13(29-11)18(2)19(22,23)15(20(24,25)26)36-16(32-18)31-17(34)35/h3-5,7,15H,1-2H3,(H,31,32)(H,34,35)(H,29,30,33)/t15-,18-/m1/s1. The average Bonchev–Trinajstić information content (AvgIpc) is 2.76. The van der Waals surface area contributed by atoms with Gasteiger partial charge in [-0.15, -0.1) is 0 Å².